The zero-order valence-electron chi connectivity index (χ0n) is 15.1. The number of carbonyl (C=O) groups is 2. The molecule has 0 N–H and O–H groups in total. The van der Waals surface area contributed by atoms with Crippen molar-refractivity contribution >= 4 is 11.6 Å². The maximum absolute atomic E-state index is 12.3. The van der Waals surface area contributed by atoms with Crippen LogP contribution in [0, 0.1) is 0 Å². The lowest BCUT2D eigenvalue weighted by Crippen LogP contribution is -2.10. The SMILES string of the molecule is CCCC1=C/C(=C/C=C2\C=C(C)C(=O)C(CC)=C2)C=C(CC)C1=O. The Labute approximate surface area is 145 Å². The predicted molar refractivity (Wildman–Crippen MR) is 99.7 cm³/mol. The highest BCUT2D eigenvalue weighted by atomic mass is 16.1. The third kappa shape index (κ3) is 4.00. The molecule has 126 valence electrons. The van der Waals surface area contributed by atoms with E-state index in [1.54, 1.807) is 0 Å². The van der Waals surface area contributed by atoms with Gasteiger partial charge in [-0.2, -0.15) is 0 Å². The summed E-state index contributed by atoms with van der Waals surface area (Å²) in [6.07, 6.45) is 15.2. The quantitative estimate of drug-likeness (QED) is 0.683. The Kier molecular flexibility index (Phi) is 6.08. The molecule has 0 bridgehead atoms. The van der Waals surface area contributed by atoms with Crippen LogP contribution < -0.4 is 0 Å². The van der Waals surface area contributed by atoms with Crippen LogP contribution in [-0.4, -0.2) is 11.6 Å². The normalized spacial score (nSPS) is 21.7. The minimum Gasteiger partial charge on any atom is -0.289 e. The first kappa shape index (κ1) is 18.1. The van der Waals surface area contributed by atoms with Crippen molar-refractivity contribution in [2.24, 2.45) is 0 Å². The molecular weight excluding hydrogens is 296 g/mol. The summed E-state index contributed by atoms with van der Waals surface area (Å²) in [5.41, 5.74) is 5.50. The van der Waals surface area contributed by atoms with Gasteiger partial charge in [0.2, 0.25) is 0 Å². The zero-order valence-corrected chi connectivity index (χ0v) is 15.1. The first-order chi connectivity index (χ1) is 11.5. The Balaban J connectivity index is 2.36. The Hall–Kier alpha value is -2.22. The van der Waals surface area contributed by atoms with Gasteiger partial charge in [0.25, 0.3) is 0 Å². The monoisotopic (exact) mass is 322 g/mol. The number of Topliss-reactive ketones (excluding diaryl/α,β-unsaturated/α-hetero) is 2. The van der Waals surface area contributed by atoms with Crippen molar-refractivity contribution in [3.8, 4) is 0 Å². The molecule has 0 amide bonds. The molecule has 0 spiro atoms. The van der Waals surface area contributed by atoms with Crippen LogP contribution in [0.15, 0.2) is 69.9 Å². The summed E-state index contributed by atoms with van der Waals surface area (Å²) < 4.78 is 0. The van der Waals surface area contributed by atoms with E-state index in [9.17, 15) is 9.59 Å². The molecule has 24 heavy (non-hydrogen) atoms. The van der Waals surface area contributed by atoms with Crippen molar-refractivity contribution in [2.75, 3.05) is 0 Å². The molecule has 2 heteroatoms. The Morgan fingerprint density at radius 2 is 1.25 bits per heavy atom. The number of hydrogen-bond donors (Lipinski definition) is 0. The lowest BCUT2D eigenvalue weighted by atomic mass is 9.89. The summed E-state index contributed by atoms with van der Waals surface area (Å²) in [6, 6.07) is 0. The highest BCUT2D eigenvalue weighted by molar-refractivity contribution is 6.10. The van der Waals surface area contributed by atoms with Crippen molar-refractivity contribution < 1.29 is 9.59 Å². The molecule has 0 fully saturated rings. The molecule has 0 aromatic heterocycles. The topological polar surface area (TPSA) is 34.1 Å². The van der Waals surface area contributed by atoms with Crippen LogP contribution >= 0.6 is 0 Å². The summed E-state index contributed by atoms with van der Waals surface area (Å²) >= 11 is 0. The van der Waals surface area contributed by atoms with Gasteiger partial charge in [-0.3, -0.25) is 9.59 Å². The van der Waals surface area contributed by atoms with Gasteiger partial charge in [0.1, 0.15) is 0 Å². The van der Waals surface area contributed by atoms with Gasteiger partial charge in [-0.25, -0.2) is 0 Å². The average Bonchev–Trinajstić information content (AvgIpc) is 2.58. The van der Waals surface area contributed by atoms with Gasteiger partial charge >= 0.3 is 0 Å². The van der Waals surface area contributed by atoms with Crippen LogP contribution in [0.3, 0.4) is 0 Å². The van der Waals surface area contributed by atoms with E-state index in [1.807, 2.05) is 57.2 Å². The van der Waals surface area contributed by atoms with Crippen LogP contribution in [0.1, 0.15) is 53.4 Å². The van der Waals surface area contributed by atoms with Crippen LogP contribution in [0.5, 0.6) is 0 Å². The smallest absolute Gasteiger partial charge is 0.185 e. The molecule has 0 radical (unpaired) electrons. The molecule has 0 heterocycles. The number of carbonyl (C=O) groups excluding carboxylic acids is 2. The van der Waals surface area contributed by atoms with Crippen LogP contribution in [0.4, 0.5) is 0 Å². The molecule has 2 aliphatic carbocycles. The summed E-state index contributed by atoms with van der Waals surface area (Å²) in [7, 11) is 0. The number of rotatable bonds is 5. The fraction of sp³-hybridized carbons (Fsp3) is 0.364. The van der Waals surface area contributed by atoms with Crippen molar-refractivity contribution in [3.05, 3.63) is 69.9 Å². The molecule has 2 aliphatic rings. The van der Waals surface area contributed by atoms with Gasteiger partial charge in [0, 0.05) is 16.7 Å². The van der Waals surface area contributed by atoms with Crippen molar-refractivity contribution in [2.45, 2.75) is 53.4 Å². The third-order valence-corrected chi connectivity index (χ3v) is 4.39. The molecule has 2 rings (SSSR count). The number of ketones is 2. The largest absolute Gasteiger partial charge is 0.289 e. The highest BCUT2D eigenvalue weighted by Gasteiger charge is 2.18. The second-order valence-corrected chi connectivity index (χ2v) is 6.28. The molecule has 0 aliphatic heterocycles. The van der Waals surface area contributed by atoms with E-state index in [1.165, 1.54) is 0 Å². The zero-order chi connectivity index (χ0) is 17.7. The molecule has 0 aromatic rings. The van der Waals surface area contributed by atoms with Gasteiger partial charge in [-0.05, 0) is 67.2 Å². The van der Waals surface area contributed by atoms with E-state index in [0.717, 1.165) is 59.1 Å². The minimum atomic E-state index is 0.142. The molecule has 2 nitrogen and oxygen atoms in total. The maximum Gasteiger partial charge on any atom is 0.185 e. The van der Waals surface area contributed by atoms with E-state index in [2.05, 4.69) is 6.92 Å². The molecule has 0 atom stereocenters. The molecule has 0 saturated carbocycles. The van der Waals surface area contributed by atoms with E-state index in [0.29, 0.717) is 0 Å². The van der Waals surface area contributed by atoms with E-state index in [4.69, 9.17) is 0 Å². The second kappa shape index (κ2) is 8.05. The highest BCUT2D eigenvalue weighted by Crippen LogP contribution is 2.25. The lowest BCUT2D eigenvalue weighted by molar-refractivity contribution is -0.113. The van der Waals surface area contributed by atoms with Crippen molar-refractivity contribution in [3.63, 3.8) is 0 Å². The molecule has 0 unspecified atom stereocenters. The summed E-state index contributed by atoms with van der Waals surface area (Å²) in [5.74, 6) is 0.334. The third-order valence-electron chi connectivity index (χ3n) is 4.39. The first-order valence-corrected chi connectivity index (χ1v) is 8.81. The molecule has 0 saturated heterocycles. The van der Waals surface area contributed by atoms with Crippen LogP contribution in [-0.2, 0) is 9.59 Å². The first-order valence-electron chi connectivity index (χ1n) is 8.81. The van der Waals surface area contributed by atoms with Crippen molar-refractivity contribution in [1.29, 1.82) is 0 Å². The minimum absolute atomic E-state index is 0.142. The Bertz CT molecular complexity index is 734. The van der Waals surface area contributed by atoms with Crippen LogP contribution in [0.2, 0.25) is 0 Å². The Morgan fingerprint density at radius 3 is 1.79 bits per heavy atom. The van der Waals surface area contributed by atoms with E-state index >= 15 is 0 Å². The van der Waals surface area contributed by atoms with E-state index < -0.39 is 0 Å². The Morgan fingerprint density at radius 1 is 0.750 bits per heavy atom. The second-order valence-electron chi connectivity index (χ2n) is 6.28. The summed E-state index contributed by atoms with van der Waals surface area (Å²) in [4.78, 5) is 24.3. The number of hydrogen-bond acceptors (Lipinski definition) is 2. The lowest BCUT2D eigenvalue weighted by Gasteiger charge is -2.14. The summed E-state index contributed by atoms with van der Waals surface area (Å²) in [5, 5.41) is 0. The fourth-order valence-corrected chi connectivity index (χ4v) is 3.02. The molecule has 0 aromatic carbocycles. The average molecular weight is 322 g/mol. The van der Waals surface area contributed by atoms with Gasteiger partial charge in [-0.1, -0.05) is 39.3 Å². The van der Waals surface area contributed by atoms with Crippen LogP contribution in [0.25, 0.3) is 0 Å². The van der Waals surface area contributed by atoms with Gasteiger partial charge in [-0.15, -0.1) is 0 Å². The molecular formula is C22H26O2. The summed E-state index contributed by atoms with van der Waals surface area (Å²) in [6.45, 7) is 7.97. The number of allylic oxidation sites excluding steroid dienone is 12. The predicted octanol–water partition coefficient (Wildman–Crippen LogP) is 5.35. The maximum atomic E-state index is 12.3. The van der Waals surface area contributed by atoms with Crippen molar-refractivity contribution in [1.82, 2.24) is 0 Å². The van der Waals surface area contributed by atoms with Gasteiger partial charge in [0.15, 0.2) is 11.6 Å². The van der Waals surface area contributed by atoms with Gasteiger partial charge < -0.3 is 0 Å². The van der Waals surface area contributed by atoms with Gasteiger partial charge in [0.05, 0.1) is 0 Å². The fourth-order valence-electron chi connectivity index (χ4n) is 3.02. The standard InChI is InChI=1S/C22H26O2/c1-5-8-20-14-17(13-19(7-3)22(20)24)10-9-16-11-15(4)21(23)18(6-2)12-16/h9-14H,5-8H2,1-4H3/b16-9+,17-10+. The van der Waals surface area contributed by atoms with E-state index in [-0.39, 0.29) is 11.6 Å².